The molecule has 0 spiro atoms. The van der Waals surface area contributed by atoms with Gasteiger partial charge in [-0.25, -0.2) is 4.98 Å². The minimum absolute atomic E-state index is 0.00102. The second-order valence-corrected chi connectivity index (χ2v) is 8.99. The minimum Gasteiger partial charge on any atom is -0.319 e. The van der Waals surface area contributed by atoms with Gasteiger partial charge in [-0.15, -0.1) is 17.9 Å². The van der Waals surface area contributed by atoms with Crippen LogP contribution in [0, 0.1) is 0 Å². The van der Waals surface area contributed by atoms with E-state index in [2.05, 4.69) is 12.7 Å². The van der Waals surface area contributed by atoms with Crippen LogP contribution in [0.3, 0.4) is 0 Å². The largest absolute Gasteiger partial charge is 0.319 e. The number of fused-ring (bicyclic) bond motifs is 3. The molecule has 0 radical (unpaired) electrons. The van der Waals surface area contributed by atoms with Crippen molar-refractivity contribution < 1.29 is 4.79 Å². The van der Waals surface area contributed by atoms with E-state index in [1.54, 1.807) is 26.9 Å². The molecule has 0 saturated carbocycles. The smallest absolute Gasteiger partial charge is 0.263 e. The monoisotopic (exact) mass is 401 g/mol. The van der Waals surface area contributed by atoms with Crippen LogP contribution in [0.2, 0.25) is 0 Å². The van der Waals surface area contributed by atoms with E-state index >= 15 is 0 Å². The van der Waals surface area contributed by atoms with Gasteiger partial charge in [0.2, 0.25) is 5.91 Å². The topological polar surface area (TPSA) is 55.2 Å². The van der Waals surface area contributed by atoms with E-state index in [9.17, 15) is 9.59 Å². The number of amides is 1. The fourth-order valence-electron chi connectivity index (χ4n) is 3.80. The first-order chi connectivity index (χ1) is 13.1. The van der Waals surface area contributed by atoms with Gasteiger partial charge in [0.1, 0.15) is 4.83 Å². The summed E-state index contributed by atoms with van der Waals surface area (Å²) < 4.78 is 1.66. The Hall–Kier alpha value is -1.86. The summed E-state index contributed by atoms with van der Waals surface area (Å²) in [7, 11) is 1.83. The van der Waals surface area contributed by atoms with Crippen molar-refractivity contribution >= 4 is 39.2 Å². The molecule has 0 atom stereocenters. The molecule has 2 aromatic rings. The lowest BCUT2D eigenvalue weighted by Crippen LogP contribution is -2.28. The summed E-state index contributed by atoms with van der Waals surface area (Å²) >= 11 is 2.98. The summed E-state index contributed by atoms with van der Waals surface area (Å²) in [5.41, 5.74) is 2.29. The van der Waals surface area contributed by atoms with Gasteiger partial charge < -0.3 is 4.90 Å². The van der Waals surface area contributed by atoms with Crippen molar-refractivity contribution in [2.75, 3.05) is 12.8 Å². The van der Waals surface area contributed by atoms with Crippen molar-refractivity contribution in [3.63, 3.8) is 0 Å². The van der Waals surface area contributed by atoms with Crippen LogP contribution in [-0.4, -0.2) is 33.2 Å². The number of carbonyl (C=O) groups is 1. The number of nitrogens with zero attached hydrogens (tertiary/aromatic N) is 3. The zero-order valence-corrected chi connectivity index (χ0v) is 17.1. The second-order valence-electron chi connectivity index (χ2n) is 6.97. The number of allylic oxidation sites excluding steroid dienone is 3. The quantitative estimate of drug-likeness (QED) is 0.420. The number of aromatic nitrogens is 2. The van der Waals surface area contributed by atoms with Crippen LogP contribution < -0.4 is 5.56 Å². The van der Waals surface area contributed by atoms with E-state index in [0.717, 1.165) is 54.4 Å². The summed E-state index contributed by atoms with van der Waals surface area (Å²) in [5.74, 6) is 0.315. The first kappa shape index (κ1) is 18.5. The Morgan fingerprint density at radius 2 is 2.26 bits per heavy atom. The zero-order valence-electron chi connectivity index (χ0n) is 15.5. The van der Waals surface area contributed by atoms with E-state index in [0.29, 0.717) is 11.7 Å². The summed E-state index contributed by atoms with van der Waals surface area (Å²) in [6, 6.07) is 0. The lowest BCUT2D eigenvalue weighted by Gasteiger charge is -2.18. The highest BCUT2D eigenvalue weighted by molar-refractivity contribution is 7.99. The predicted molar refractivity (Wildman–Crippen MR) is 112 cm³/mol. The first-order valence-corrected chi connectivity index (χ1v) is 11.1. The molecule has 2 aliphatic rings. The van der Waals surface area contributed by atoms with Crippen molar-refractivity contribution in [2.24, 2.45) is 0 Å². The van der Waals surface area contributed by atoms with Gasteiger partial charge in [-0.3, -0.25) is 14.2 Å². The van der Waals surface area contributed by atoms with Gasteiger partial charge in [0.25, 0.3) is 5.56 Å². The molecule has 0 unspecified atom stereocenters. The molecule has 0 fully saturated rings. The molecular weight excluding hydrogens is 378 g/mol. The molecule has 5 nitrogen and oxygen atoms in total. The highest BCUT2D eigenvalue weighted by Gasteiger charge is 2.24. The number of carbonyl (C=O) groups excluding carboxylic acids is 1. The van der Waals surface area contributed by atoms with E-state index in [-0.39, 0.29) is 17.2 Å². The Balaban J connectivity index is 1.62. The highest BCUT2D eigenvalue weighted by Crippen LogP contribution is 2.35. The Kier molecular flexibility index (Phi) is 5.23. The van der Waals surface area contributed by atoms with Crippen LogP contribution in [0.25, 0.3) is 10.2 Å². The fourth-order valence-corrected chi connectivity index (χ4v) is 6.03. The average Bonchev–Trinajstić information content (AvgIpc) is 3.38. The number of thioether (sulfide) groups is 1. The predicted octanol–water partition coefficient (Wildman–Crippen LogP) is 3.75. The molecule has 2 aliphatic carbocycles. The summed E-state index contributed by atoms with van der Waals surface area (Å²) in [5, 5.41) is 1.38. The number of hydrogen-bond donors (Lipinski definition) is 0. The van der Waals surface area contributed by atoms with Crippen LogP contribution in [-0.2, 0) is 24.2 Å². The molecule has 1 amide bonds. The van der Waals surface area contributed by atoms with E-state index in [4.69, 9.17) is 4.98 Å². The van der Waals surface area contributed by atoms with E-state index in [1.165, 1.54) is 22.2 Å². The third kappa shape index (κ3) is 3.38. The lowest BCUT2D eigenvalue weighted by molar-refractivity contribution is -0.125. The first-order valence-electron chi connectivity index (χ1n) is 9.34. The Morgan fingerprint density at radius 3 is 3.00 bits per heavy atom. The average molecular weight is 402 g/mol. The highest BCUT2D eigenvalue weighted by atomic mass is 32.2. The molecule has 142 valence electrons. The van der Waals surface area contributed by atoms with Gasteiger partial charge in [-0.2, -0.15) is 0 Å². The van der Waals surface area contributed by atoms with Gasteiger partial charge >= 0.3 is 0 Å². The number of rotatable bonds is 6. The van der Waals surface area contributed by atoms with Crippen molar-refractivity contribution in [3.8, 4) is 0 Å². The Labute approximate surface area is 166 Å². The molecule has 27 heavy (non-hydrogen) atoms. The third-order valence-corrected chi connectivity index (χ3v) is 7.40. The number of hydrogen-bond acceptors (Lipinski definition) is 5. The van der Waals surface area contributed by atoms with Gasteiger partial charge in [-0.05, 0) is 44.1 Å². The minimum atomic E-state index is 0.00102. The van der Waals surface area contributed by atoms with Crippen LogP contribution in [0.5, 0.6) is 0 Å². The van der Waals surface area contributed by atoms with Gasteiger partial charge in [0.15, 0.2) is 5.16 Å². The van der Waals surface area contributed by atoms with Crippen LogP contribution in [0.15, 0.2) is 34.4 Å². The maximum absolute atomic E-state index is 13.1. The molecule has 0 aromatic carbocycles. The van der Waals surface area contributed by atoms with E-state index < -0.39 is 0 Å². The molecule has 0 saturated heterocycles. The maximum atomic E-state index is 13.1. The Bertz CT molecular complexity index is 1000. The van der Waals surface area contributed by atoms with E-state index in [1.807, 2.05) is 7.05 Å². The van der Waals surface area contributed by atoms with Crippen molar-refractivity contribution in [1.29, 1.82) is 0 Å². The fraction of sp³-hybridized carbons (Fsp3) is 0.450. The van der Waals surface area contributed by atoms with Gasteiger partial charge in [0, 0.05) is 24.2 Å². The lowest BCUT2D eigenvalue weighted by atomic mass is 10.2. The maximum Gasteiger partial charge on any atom is 0.263 e. The summed E-state index contributed by atoms with van der Waals surface area (Å²) in [4.78, 5) is 34.3. The molecule has 7 heteroatoms. The second kappa shape index (κ2) is 7.64. The molecule has 0 bridgehead atoms. The molecule has 2 aromatic heterocycles. The SMILES string of the molecule is C=CCn1c(SCC(=O)N(C)C2=CCCC2)nc2sc3c(c2c1=O)CCC3. The molecule has 4 rings (SSSR count). The van der Waals surface area contributed by atoms with Crippen molar-refractivity contribution in [1.82, 2.24) is 14.5 Å². The molecule has 0 aliphatic heterocycles. The zero-order chi connectivity index (χ0) is 19.0. The summed E-state index contributed by atoms with van der Waals surface area (Å²) in [6.45, 7) is 4.18. The van der Waals surface area contributed by atoms with Crippen molar-refractivity contribution in [2.45, 2.75) is 50.2 Å². The van der Waals surface area contributed by atoms with Crippen molar-refractivity contribution in [3.05, 3.63) is 45.2 Å². The van der Waals surface area contributed by atoms with Gasteiger partial charge in [-0.1, -0.05) is 23.9 Å². The summed E-state index contributed by atoms with van der Waals surface area (Å²) in [6.07, 6.45) is 10.1. The molecule has 0 N–H and O–H groups in total. The standard InChI is InChI=1S/C20H23N3O2S2/c1-3-11-23-19(25)17-14-9-6-10-15(14)27-18(17)21-20(23)26-12-16(24)22(2)13-7-4-5-8-13/h3,7H,1,4-6,8-12H2,2H3. The van der Waals surface area contributed by atoms with Gasteiger partial charge in [0.05, 0.1) is 11.1 Å². The van der Waals surface area contributed by atoms with Crippen LogP contribution in [0.1, 0.15) is 36.1 Å². The molecule has 2 heterocycles. The molecular formula is C20H23N3O2S2. The number of aryl methyl sites for hydroxylation is 2. The normalized spacial score (nSPS) is 15.8. The Morgan fingerprint density at radius 1 is 1.41 bits per heavy atom. The van der Waals surface area contributed by atoms with Crippen LogP contribution >= 0.6 is 23.1 Å². The third-order valence-electron chi connectivity index (χ3n) is 5.25. The van der Waals surface area contributed by atoms with Crippen LogP contribution in [0.4, 0.5) is 0 Å². The number of thiophene rings is 1.